The Morgan fingerprint density at radius 1 is 1.11 bits per heavy atom. The van der Waals surface area contributed by atoms with Gasteiger partial charge in [0.25, 0.3) is 5.91 Å². The fraction of sp³-hybridized carbons (Fsp3) is 0.483. The number of benzene rings is 2. The van der Waals surface area contributed by atoms with Crippen molar-refractivity contribution in [1.82, 2.24) is 15.1 Å². The van der Waals surface area contributed by atoms with Crippen LogP contribution in [-0.4, -0.2) is 80.1 Å². The molecule has 2 aromatic rings. The number of rotatable bonds is 5. The monoisotopic (exact) mass is 541 g/mol. The van der Waals surface area contributed by atoms with Gasteiger partial charge in [0.1, 0.15) is 12.4 Å². The van der Waals surface area contributed by atoms with Gasteiger partial charge < -0.3 is 24.6 Å². The summed E-state index contributed by atoms with van der Waals surface area (Å²) in [7, 11) is 0. The number of likely N-dealkylation sites (tertiary alicyclic amines) is 1. The molecule has 0 spiro atoms. The van der Waals surface area contributed by atoms with Crippen LogP contribution in [0, 0.1) is 12.8 Å². The van der Waals surface area contributed by atoms with E-state index in [1.54, 1.807) is 21.9 Å². The van der Waals surface area contributed by atoms with E-state index in [9.17, 15) is 14.4 Å². The molecule has 2 aliphatic rings. The Bertz CT molecular complexity index is 1160. The Hall–Kier alpha value is -3.10. The molecule has 8 nitrogen and oxygen atoms in total. The van der Waals surface area contributed by atoms with E-state index in [-0.39, 0.29) is 29.6 Å². The van der Waals surface area contributed by atoms with Crippen LogP contribution >= 0.6 is 11.6 Å². The number of hydrogen-bond acceptors (Lipinski definition) is 5. The second-order valence-corrected chi connectivity index (χ2v) is 10.2. The quantitative estimate of drug-likeness (QED) is 0.584. The summed E-state index contributed by atoms with van der Waals surface area (Å²) in [5.41, 5.74) is 2.38. The SMILES string of the molecule is CCOCCC(=O)N1C[C@@H]2C(=O)NCCCN(C(=O)c3cc(Cl)ccc3C)CCOc3cccc(c3)[C@H]2C1. The minimum absolute atomic E-state index is 0.00506. The number of ether oxygens (including phenoxy) is 2. The number of hydrogen-bond donors (Lipinski definition) is 1. The van der Waals surface area contributed by atoms with Crippen molar-refractivity contribution in [1.29, 1.82) is 0 Å². The zero-order valence-electron chi connectivity index (χ0n) is 22.1. The Labute approximate surface area is 229 Å². The van der Waals surface area contributed by atoms with Gasteiger partial charge in [0, 0.05) is 49.3 Å². The van der Waals surface area contributed by atoms with Crippen LogP contribution in [0.4, 0.5) is 0 Å². The van der Waals surface area contributed by atoms with Crippen molar-refractivity contribution in [3.05, 3.63) is 64.2 Å². The predicted molar refractivity (Wildman–Crippen MR) is 146 cm³/mol. The minimum Gasteiger partial charge on any atom is -0.492 e. The van der Waals surface area contributed by atoms with Gasteiger partial charge in [-0.15, -0.1) is 0 Å². The second kappa shape index (κ2) is 13.1. The van der Waals surface area contributed by atoms with E-state index in [0.717, 1.165) is 11.1 Å². The highest BCUT2D eigenvalue weighted by Gasteiger charge is 2.40. The first kappa shape index (κ1) is 27.9. The lowest BCUT2D eigenvalue weighted by Crippen LogP contribution is -2.39. The number of carbonyl (C=O) groups is 3. The summed E-state index contributed by atoms with van der Waals surface area (Å²) in [5, 5.41) is 3.57. The first-order valence-electron chi connectivity index (χ1n) is 13.3. The fourth-order valence-corrected chi connectivity index (χ4v) is 5.28. The Balaban J connectivity index is 1.51. The lowest BCUT2D eigenvalue weighted by Gasteiger charge is -2.25. The van der Waals surface area contributed by atoms with Gasteiger partial charge in [-0.3, -0.25) is 14.4 Å². The minimum atomic E-state index is -0.365. The number of nitrogens with one attached hydrogen (secondary N) is 1. The third kappa shape index (κ3) is 6.85. The summed E-state index contributed by atoms with van der Waals surface area (Å²) >= 11 is 6.16. The van der Waals surface area contributed by atoms with E-state index in [4.69, 9.17) is 21.1 Å². The van der Waals surface area contributed by atoms with Gasteiger partial charge in [-0.1, -0.05) is 29.8 Å². The van der Waals surface area contributed by atoms with Gasteiger partial charge in [-0.25, -0.2) is 0 Å². The number of nitrogens with zero attached hydrogens (tertiary/aromatic N) is 2. The lowest BCUT2D eigenvalue weighted by atomic mass is 9.88. The maximum atomic E-state index is 13.4. The molecule has 3 amide bonds. The van der Waals surface area contributed by atoms with Crippen LogP contribution in [0.2, 0.25) is 5.02 Å². The largest absolute Gasteiger partial charge is 0.492 e. The van der Waals surface area contributed by atoms with E-state index in [2.05, 4.69) is 5.32 Å². The maximum absolute atomic E-state index is 13.4. The van der Waals surface area contributed by atoms with Gasteiger partial charge in [0.2, 0.25) is 11.8 Å². The van der Waals surface area contributed by atoms with Crippen LogP contribution < -0.4 is 10.1 Å². The number of halogens is 1. The van der Waals surface area contributed by atoms with Gasteiger partial charge in [-0.2, -0.15) is 0 Å². The number of fused-ring (bicyclic) bond motifs is 4. The first-order valence-corrected chi connectivity index (χ1v) is 13.7. The van der Waals surface area contributed by atoms with Gasteiger partial charge >= 0.3 is 0 Å². The molecule has 2 atom stereocenters. The standard InChI is InChI=1S/C29H36ClN3O5/c1-3-37-14-10-27(34)33-18-25-21-6-4-7-23(16-21)38-15-13-32(12-5-11-31-28(35)26(25)19-33)29(36)24-17-22(30)9-8-20(24)2/h4,6-9,16-17,25-26H,3,5,10-15,18-19H2,1-2H3,(H,31,35)/t25-,26+/m1/s1. The molecular weight excluding hydrogens is 506 g/mol. The summed E-state index contributed by atoms with van der Waals surface area (Å²) in [4.78, 5) is 43.0. The van der Waals surface area contributed by atoms with Gasteiger partial charge in [-0.05, 0) is 55.7 Å². The number of carbonyl (C=O) groups excluding carboxylic acids is 3. The summed E-state index contributed by atoms with van der Waals surface area (Å²) in [6.45, 7) is 7.20. The molecule has 2 aliphatic heterocycles. The van der Waals surface area contributed by atoms with Crippen LogP contribution in [-0.2, 0) is 14.3 Å². The topological polar surface area (TPSA) is 88.2 Å². The third-order valence-electron chi connectivity index (χ3n) is 7.21. The van der Waals surface area contributed by atoms with Crippen molar-refractivity contribution in [3.8, 4) is 5.75 Å². The molecule has 0 saturated carbocycles. The average molecular weight is 542 g/mol. The molecule has 1 fully saturated rings. The number of aryl methyl sites for hydroxylation is 1. The van der Waals surface area contributed by atoms with E-state index < -0.39 is 0 Å². The van der Waals surface area contributed by atoms with Crippen molar-refractivity contribution in [2.45, 2.75) is 32.6 Å². The maximum Gasteiger partial charge on any atom is 0.254 e. The van der Waals surface area contributed by atoms with Crippen LogP contribution in [0.3, 0.4) is 0 Å². The zero-order chi connectivity index (χ0) is 27.1. The molecule has 2 heterocycles. The van der Waals surface area contributed by atoms with Crippen LogP contribution in [0.5, 0.6) is 5.75 Å². The molecule has 0 unspecified atom stereocenters. The van der Waals surface area contributed by atoms with Crippen molar-refractivity contribution in [2.24, 2.45) is 5.92 Å². The lowest BCUT2D eigenvalue weighted by molar-refractivity contribution is -0.131. The molecule has 9 heteroatoms. The third-order valence-corrected chi connectivity index (χ3v) is 7.45. The summed E-state index contributed by atoms with van der Waals surface area (Å²) in [5.74, 6) is -0.0157. The predicted octanol–water partition coefficient (Wildman–Crippen LogP) is 3.66. The van der Waals surface area contributed by atoms with Gasteiger partial charge in [0.15, 0.2) is 0 Å². The smallest absolute Gasteiger partial charge is 0.254 e. The van der Waals surface area contributed by atoms with Crippen LogP contribution in [0.15, 0.2) is 42.5 Å². The van der Waals surface area contributed by atoms with E-state index >= 15 is 0 Å². The van der Waals surface area contributed by atoms with E-state index in [1.165, 1.54) is 0 Å². The molecule has 2 aromatic carbocycles. The Kier molecular flexibility index (Phi) is 9.63. The molecule has 4 rings (SSSR count). The molecule has 1 saturated heterocycles. The van der Waals surface area contributed by atoms with Crippen molar-refractivity contribution in [3.63, 3.8) is 0 Å². The highest BCUT2D eigenvalue weighted by atomic mass is 35.5. The highest BCUT2D eigenvalue weighted by Crippen LogP contribution is 2.35. The Morgan fingerprint density at radius 3 is 2.74 bits per heavy atom. The van der Waals surface area contributed by atoms with Gasteiger partial charge in [0.05, 0.1) is 25.5 Å². The fourth-order valence-electron chi connectivity index (χ4n) is 5.10. The summed E-state index contributed by atoms with van der Waals surface area (Å²) < 4.78 is 11.4. The summed E-state index contributed by atoms with van der Waals surface area (Å²) in [6, 6.07) is 13.0. The van der Waals surface area contributed by atoms with Crippen molar-refractivity contribution >= 4 is 29.3 Å². The summed E-state index contributed by atoms with van der Waals surface area (Å²) in [6.07, 6.45) is 0.894. The molecule has 0 aromatic heterocycles. The molecule has 0 radical (unpaired) electrons. The van der Waals surface area contributed by atoms with E-state index in [1.807, 2.05) is 44.2 Å². The first-order chi connectivity index (χ1) is 18.4. The van der Waals surface area contributed by atoms with Crippen LogP contribution in [0.1, 0.15) is 47.2 Å². The molecule has 38 heavy (non-hydrogen) atoms. The Morgan fingerprint density at radius 2 is 1.92 bits per heavy atom. The molecule has 2 bridgehead atoms. The zero-order valence-corrected chi connectivity index (χ0v) is 22.8. The number of amides is 3. The molecular formula is C29H36ClN3O5. The van der Waals surface area contributed by atoms with Crippen molar-refractivity contribution in [2.75, 3.05) is 52.5 Å². The van der Waals surface area contributed by atoms with Crippen LogP contribution in [0.25, 0.3) is 0 Å². The molecule has 204 valence electrons. The van der Waals surface area contributed by atoms with Crippen molar-refractivity contribution < 1.29 is 23.9 Å². The molecule has 1 N–H and O–H groups in total. The average Bonchev–Trinajstić information content (AvgIpc) is 3.37. The molecule has 0 aliphatic carbocycles. The highest BCUT2D eigenvalue weighted by molar-refractivity contribution is 6.31. The van der Waals surface area contributed by atoms with E-state index in [0.29, 0.717) is 81.7 Å². The normalized spacial score (nSPS) is 20.2. The second-order valence-electron chi connectivity index (χ2n) is 9.78.